The summed E-state index contributed by atoms with van der Waals surface area (Å²) in [5.41, 5.74) is -3.10. The Hall–Kier alpha value is -3.73. The number of nitrogens with zero attached hydrogens (tertiary/aromatic N) is 2. The molecule has 0 aliphatic rings. The molecule has 0 bridgehead atoms. The molecule has 6 nitrogen and oxygen atoms in total. The van der Waals surface area contributed by atoms with Crippen LogP contribution in [0.4, 0.5) is 13.2 Å². The minimum absolute atomic E-state index is 0.0202. The quantitative estimate of drug-likeness (QED) is 0.379. The molecule has 1 heterocycles. The summed E-state index contributed by atoms with van der Waals surface area (Å²) in [7, 11) is -4.22. The second-order valence-corrected chi connectivity index (χ2v) is 9.61. The van der Waals surface area contributed by atoms with E-state index in [1.54, 1.807) is 4.68 Å². The second-order valence-electron chi connectivity index (χ2n) is 8.08. The maximum Gasteiger partial charge on any atom is 0.425 e. The number of primary sulfonamides is 1. The Morgan fingerprint density at radius 3 is 2.17 bits per heavy atom. The van der Waals surface area contributed by atoms with Crippen molar-refractivity contribution in [3.8, 4) is 5.69 Å². The highest BCUT2D eigenvalue weighted by molar-refractivity contribution is 7.89. The third-order valence-corrected chi connectivity index (χ3v) is 6.95. The number of para-hydroxylation sites is 1. The number of aliphatic hydroxyl groups is 1. The lowest BCUT2D eigenvalue weighted by molar-refractivity contribution is -0.247. The number of nitrogens with two attached hydrogens (primary N) is 1. The SMILES string of the molecule is NS(=O)(=O)c1ccc(C(O)(c2ccc3c(cnn3-c3ccccc3)c2)C(F)(F)F)c2ccccc12. The molecule has 1 atom stereocenters. The minimum atomic E-state index is -5.14. The van der Waals surface area contributed by atoms with E-state index in [0.29, 0.717) is 10.9 Å². The molecule has 0 saturated heterocycles. The second kappa shape index (κ2) is 7.91. The van der Waals surface area contributed by atoms with Gasteiger partial charge in [-0.15, -0.1) is 0 Å². The lowest BCUT2D eigenvalue weighted by Gasteiger charge is -2.33. The summed E-state index contributed by atoms with van der Waals surface area (Å²) in [4.78, 5) is -0.332. The molecule has 5 aromatic rings. The van der Waals surface area contributed by atoms with Crippen LogP contribution in [0.2, 0.25) is 0 Å². The molecule has 1 aromatic heterocycles. The molecular weight excluding hydrogens is 479 g/mol. The van der Waals surface area contributed by atoms with E-state index in [9.17, 15) is 26.7 Å². The number of fused-ring (bicyclic) bond motifs is 2. The number of rotatable bonds is 4. The summed E-state index contributed by atoms with van der Waals surface area (Å²) < 4.78 is 69.4. The molecule has 0 amide bonds. The summed E-state index contributed by atoms with van der Waals surface area (Å²) in [5, 5.41) is 21.2. The lowest BCUT2D eigenvalue weighted by atomic mass is 9.82. The van der Waals surface area contributed by atoms with Gasteiger partial charge in [-0.1, -0.05) is 54.6 Å². The standard InChI is InChI=1S/C25H18F3N3O3S/c26-25(27,28)24(32,21-11-13-23(35(29,33)34)20-9-5-4-8-19(20)21)17-10-12-22-16(14-17)15-30-31(22)18-6-2-1-3-7-18/h1-15,32H,(H2,29,33,34). The first-order valence-corrected chi connectivity index (χ1v) is 11.9. The molecule has 0 fully saturated rings. The fourth-order valence-corrected chi connectivity index (χ4v) is 5.08. The predicted molar refractivity (Wildman–Crippen MR) is 125 cm³/mol. The Morgan fingerprint density at radius 2 is 1.51 bits per heavy atom. The Bertz CT molecular complexity index is 1680. The van der Waals surface area contributed by atoms with Gasteiger partial charge in [-0.2, -0.15) is 18.3 Å². The molecule has 3 N–H and O–H groups in total. The largest absolute Gasteiger partial charge is 0.425 e. The molecule has 0 radical (unpaired) electrons. The van der Waals surface area contributed by atoms with Gasteiger partial charge < -0.3 is 5.11 Å². The number of halogens is 3. The minimum Gasteiger partial charge on any atom is -0.372 e. The highest BCUT2D eigenvalue weighted by Crippen LogP contribution is 2.47. The van der Waals surface area contributed by atoms with Crippen molar-refractivity contribution < 1.29 is 26.7 Å². The fourth-order valence-electron chi connectivity index (χ4n) is 4.34. The topological polar surface area (TPSA) is 98.2 Å². The molecular formula is C25H18F3N3O3S. The lowest BCUT2D eigenvalue weighted by Crippen LogP contribution is -2.43. The van der Waals surface area contributed by atoms with Crippen molar-refractivity contribution in [2.45, 2.75) is 16.7 Å². The van der Waals surface area contributed by atoms with Crippen molar-refractivity contribution in [2.24, 2.45) is 5.14 Å². The van der Waals surface area contributed by atoms with Crippen LogP contribution in [0.5, 0.6) is 0 Å². The molecule has 5 rings (SSSR count). The van der Waals surface area contributed by atoms with E-state index in [4.69, 9.17) is 5.14 Å². The first kappa shape index (κ1) is 23.0. The molecule has 10 heteroatoms. The van der Waals surface area contributed by atoms with Crippen LogP contribution < -0.4 is 5.14 Å². The Labute approximate surface area is 198 Å². The van der Waals surface area contributed by atoms with Crippen LogP contribution in [0.25, 0.3) is 27.4 Å². The number of sulfonamides is 1. The Morgan fingerprint density at radius 1 is 0.857 bits per heavy atom. The highest BCUT2D eigenvalue weighted by atomic mass is 32.2. The van der Waals surface area contributed by atoms with E-state index in [2.05, 4.69) is 5.10 Å². The molecule has 1 unspecified atom stereocenters. The zero-order valence-electron chi connectivity index (χ0n) is 17.9. The first-order chi connectivity index (χ1) is 16.5. The summed E-state index contributed by atoms with van der Waals surface area (Å²) >= 11 is 0. The van der Waals surface area contributed by atoms with Gasteiger partial charge in [0.15, 0.2) is 0 Å². The normalized spacial score (nSPS) is 14.3. The van der Waals surface area contributed by atoms with E-state index in [1.165, 1.54) is 48.7 Å². The van der Waals surface area contributed by atoms with Crippen LogP contribution in [0, 0.1) is 0 Å². The van der Waals surface area contributed by atoms with Gasteiger partial charge in [0.2, 0.25) is 15.6 Å². The summed E-state index contributed by atoms with van der Waals surface area (Å²) in [6.45, 7) is 0. The monoisotopic (exact) mass is 497 g/mol. The summed E-state index contributed by atoms with van der Waals surface area (Å²) in [5.74, 6) is 0. The van der Waals surface area contributed by atoms with Crippen LogP contribution in [-0.2, 0) is 15.6 Å². The molecule has 0 spiro atoms. The number of hydrogen-bond donors (Lipinski definition) is 2. The fraction of sp³-hybridized carbons (Fsp3) is 0.0800. The van der Waals surface area contributed by atoms with E-state index in [1.807, 2.05) is 30.3 Å². The average Bonchev–Trinajstić information content (AvgIpc) is 3.25. The van der Waals surface area contributed by atoms with Gasteiger partial charge in [0.05, 0.1) is 22.3 Å². The van der Waals surface area contributed by atoms with Gasteiger partial charge in [0.25, 0.3) is 0 Å². The first-order valence-electron chi connectivity index (χ1n) is 10.4. The molecule has 4 aromatic carbocycles. The number of benzene rings is 4. The third kappa shape index (κ3) is 3.66. The van der Waals surface area contributed by atoms with Crippen LogP contribution in [-0.4, -0.2) is 29.5 Å². The Kier molecular flexibility index (Phi) is 5.20. The highest BCUT2D eigenvalue weighted by Gasteiger charge is 2.57. The van der Waals surface area contributed by atoms with Gasteiger partial charge in [0.1, 0.15) is 0 Å². The summed E-state index contributed by atoms with van der Waals surface area (Å²) in [6, 6.07) is 20.5. The van der Waals surface area contributed by atoms with Crippen molar-refractivity contribution >= 4 is 31.7 Å². The molecule has 0 aliphatic heterocycles. The van der Waals surface area contributed by atoms with E-state index < -0.39 is 32.9 Å². The Balaban J connectivity index is 1.76. The van der Waals surface area contributed by atoms with Crippen molar-refractivity contribution in [3.63, 3.8) is 0 Å². The zero-order valence-corrected chi connectivity index (χ0v) is 18.8. The van der Waals surface area contributed by atoms with Gasteiger partial charge in [-0.25, -0.2) is 18.2 Å². The zero-order chi connectivity index (χ0) is 25.0. The van der Waals surface area contributed by atoms with Crippen LogP contribution >= 0.6 is 0 Å². The average molecular weight is 497 g/mol. The molecule has 178 valence electrons. The molecule has 0 saturated carbocycles. The number of aromatic nitrogens is 2. The predicted octanol–water partition coefficient (Wildman–Crippen LogP) is 4.62. The van der Waals surface area contributed by atoms with Gasteiger partial charge >= 0.3 is 6.18 Å². The van der Waals surface area contributed by atoms with E-state index in [-0.39, 0.29) is 15.7 Å². The van der Waals surface area contributed by atoms with Crippen LogP contribution in [0.15, 0.2) is 96.0 Å². The van der Waals surface area contributed by atoms with Crippen molar-refractivity contribution in [3.05, 3.63) is 102 Å². The van der Waals surface area contributed by atoms with Crippen molar-refractivity contribution in [1.29, 1.82) is 0 Å². The van der Waals surface area contributed by atoms with Crippen molar-refractivity contribution in [1.82, 2.24) is 9.78 Å². The van der Waals surface area contributed by atoms with E-state index >= 15 is 0 Å². The van der Waals surface area contributed by atoms with E-state index in [0.717, 1.165) is 17.8 Å². The third-order valence-electron chi connectivity index (χ3n) is 5.98. The number of alkyl halides is 3. The van der Waals surface area contributed by atoms with Gasteiger partial charge in [-0.3, -0.25) is 0 Å². The molecule has 0 aliphatic carbocycles. The van der Waals surface area contributed by atoms with Gasteiger partial charge in [0, 0.05) is 16.3 Å². The smallest absolute Gasteiger partial charge is 0.372 e. The maximum atomic E-state index is 14.6. The molecule has 35 heavy (non-hydrogen) atoms. The van der Waals surface area contributed by atoms with Crippen LogP contribution in [0.1, 0.15) is 11.1 Å². The van der Waals surface area contributed by atoms with Crippen LogP contribution in [0.3, 0.4) is 0 Å². The maximum absolute atomic E-state index is 14.6. The summed E-state index contributed by atoms with van der Waals surface area (Å²) in [6.07, 6.45) is -3.72. The van der Waals surface area contributed by atoms with Crippen molar-refractivity contribution in [2.75, 3.05) is 0 Å². The number of hydrogen-bond acceptors (Lipinski definition) is 4. The van der Waals surface area contributed by atoms with Gasteiger partial charge in [-0.05, 0) is 41.3 Å².